The average molecular weight is 425 g/mol. The minimum atomic E-state index is -0.284. The Hall–Kier alpha value is -3.33. The molecule has 1 amide bonds. The minimum Gasteiger partial charge on any atom is -0.497 e. The lowest BCUT2D eigenvalue weighted by atomic mass is 10.2. The normalized spacial score (nSPS) is 15.1. The Morgan fingerprint density at radius 2 is 1.94 bits per heavy atom. The van der Waals surface area contributed by atoms with E-state index in [1.165, 1.54) is 6.26 Å². The highest BCUT2D eigenvalue weighted by atomic mass is 16.5. The van der Waals surface area contributed by atoms with E-state index in [4.69, 9.17) is 13.9 Å². The van der Waals surface area contributed by atoms with Crippen molar-refractivity contribution in [2.75, 3.05) is 27.3 Å². The Morgan fingerprint density at radius 1 is 1.16 bits per heavy atom. The summed E-state index contributed by atoms with van der Waals surface area (Å²) in [6.45, 7) is 5.15. The highest BCUT2D eigenvalue weighted by molar-refractivity contribution is 5.91. The molecule has 1 atom stereocenters. The maximum Gasteiger partial charge on any atom is 0.287 e. The van der Waals surface area contributed by atoms with Gasteiger partial charge in [-0.1, -0.05) is 0 Å². The number of amides is 1. The smallest absolute Gasteiger partial charge is 0.287 e. The van der Waals surface area contributed by atoms with E-state index in [2.05, 4.69) is 25.0 Å². The fraction of sp³-hybridized carbons (Fsp3) is 0.409. The van der Waals surface area contributed by atoms with Crippen LogP contribution in [0.25, 0.3) is 0 Å². The van der Waals surface area contributed by atoms with Crippen LogP contribution in [0.5, 0.6) is 11.5 Å². The summed E-state index contributed by atoms with van der Waals surface area (Å²) in [5.74, 6) is 3.26. The quantitative estimate of drug-likeness (QED) is 0.621. The number of aromatic nitrogens is 3. The molecule has 1 aromatic carbocycles. The van der Waals surface area contributed by atoms with Crippen molar-refractivity contribution in [3.05, 3.63) is 59.6 Å². The Balaban J connectivity index is 1.43. The van der Waals surface area contributed by atoms with Gasteiger partial charge in [-0.25, -0.2) is 0 Å². The fourth-order valence-corrected chi connectivity index (χ4v) is 3.82. The molecule has 31 heavy (non-hydrogen) atoms. The van der Waals surface area contributed by atoms with E-state index < -0.39 is 0 Å². The summed E-state index contributed by atoms with van der Waals surface area (Å²) in [6, 6.07) is 8.98. The van der Waals surface area contributed by atoms with E-state index in [0.29, 0.717) is 0 Å². The van der Waals surface area contributed by atoms with E-state index in [1.807, 2.05) is 25.1 Å². The summed E-state index contributed by atoms with van der Waals surface area (Å²) < 4.78 is 18.1. The number of furan rings is 1. The molecular weight excluding hydrogens is 398 g/mol. The first-order valence-corrected chi connectivity index (χ1v) is 10.3. The van der Waals surface area contributed by atoms with Gasteiger partial charge in [0.05, 0.1) is 26.5 Å². The molecule has 3 heterocycles. The number of ether oxygens (including phenoxy) is 2. The van der Waals surface area contributed by atoms with Gasteiger partial charge in [0.25, 0.3) is 5.91 Å². The predicted octanol–water partition coefficient (Wildman–Crippen LogP) is 2.44. The molecule has 1 aliphatic heterocycles. The molecule has 0 saturated carbocycles. The summed E-state index contributed by atoms with van der Waals surface area (Å²) in [5, 5.41) is 11.7. The van der Waals surface area contributed by atoms with Gasteiger partial charge >= 0.3 is 0 Å². The number of methoxy groups -OCH3 is 2. The van der Waals surface area contributed by atoms with E-state index >= 15 is 0 Å². The van der Waals surface area contributed by atoms with Gasteiger partial charge < -0.3 is 23.8 Å². The van der Waals surface area contributed by atoms with E-state index in [0.717, 1.165) is 61.3 Å². The largest absolute Gasteiger partial charge is 0.497 e. The van der Waals surface area contributed by atoms with E-state index in [1.54, 1.807) is 26.4 Å². The van der Waals surface area contributed by atoms with Crippen LogP contribution in [0.3, 0.4) is 0 Å². The van der Waals surface area contributed by atoms with Crippen molar-refractivity contribution >= 4 is 5.91 Å². The second-order valence-corrected chi connectivity index (χ2v) is 7.55. The Kier molecular flexibility index (Phi) is 6.22. The Bertz CT molecular complexity index is 1010. The lowest BCUT2D eigenvalue weighted by Crippen LogP contribution is -2.30. The van der Waals surface area contributed by atoms with Gasteiger partial charge in [-0.3, -0.25) is 9.69 Å². The highest BCUT2D eigenvalue weighted by Crippen LogP contribution is 2.24. The number of nitrogens with one attached hydrogen (secondary N) is 1. The van der Waals surface area contributed by atoms with Crippen LogP contribution in [0.15, 0.2) is 41.0 Å². The van der Waals surface area contributed by atoms with Crippen molar-refractivity contribution in [2.45, 2.75) is 32.5 Å². The van der Waals surface area contributed by atoms with Crippen molar-refractivity contribution in [2.24, 2.45) is 0 Å². The van der Waals surface area contributed by atoms with Gasteiger partial charge in [-0.2, -0.15) is 0 Å². The van der Waals surface area contributed by atoms with Crippen LogP contribution in [0.1, 0.15) is 40.7 Å². The van der Waals surface area contributed by atoms with Crippen molar-refractivity contribution in [3.63, 3.8) is 0 Å². The second-order valence-electron chi connectivity index (χ2n) is 7.55. The van der Waals surface area contributed by atoms with Crippen molar-refractivity contribution < 1.29 is 18.7 Å². The Morgan fingerprint density at radius 3 is 2.61 bits per heavy atom. The third-order valence-electron chi connectivity index (χ3n) is 5.44. The molecule has 2 aromatic heterocycles. The summed E-state index contributed by atoms with van der Waals surface area (Å²) in [6.07, 6.45) is 2.27. The van der Waals surface area contributed by atoms with Crippen LogP contribution in [-0.4, -0.2) is 52.9 Å². The van der Waals surface area contributed by atoms with Crippen LogP contribution in [0.2, 0.25) is 0 Å². The molecule has 0 saturated heterocycles. The SMILES string of the molecule is COc1cc(CN2CCc3nnc(C(C)NC(=O)c4ccco4)n3CC2)cc(OC)c1. The first-order valence-electron chi connectivity index (χ1n) is 10.3. The van der Waals surface area contributed by atoms with Crippen LogP contribution >= 0.6 is 0 Å². The third-order valence-corrected chi connectivity index (χ3v) is 5.44. The van der Waals surface area contributed by atoms with Crippen LogP contribution < -0.4 is 14.8 Å². The molecule has 0 aliphatic carbocycles. The fourth-order valence-electron chi connectivity index (χ4n) is 3.82. The second kappa shape index (κ2) is 9.22. The predicted molar refractivity (Wildman–Crippen MR) is 113 cm³/mol. The zero-order valence-electron chi connectivity index (χ0n) is 18.0. The molecule has 0 bridgehead atoms. The van der Waals surface area contributed by atoms with Gasteiger partial charge in [0.2, 0.25) is 0 Å². The topological polar surface area (TPSA) is 94.6 Å². The Labute approximate surface area is 181 Å². The molecule has 4 rings (SSSR count). The highest BCUT2D eigenvalue weighted by Gasteiger charge is 2.23. The van der Waals surface area contributed by atoms with E-state index in [-0.39, 0.29) is 17.7 Å². The van der Waals surface area contributed by atoms with Gasteiger partial charge in [-0.15, -0.1) is 10.2 Å². The summed E-state index contributed by atoms with van der Waals surface area (Å²) >= 11 is 0. The molecule has 0 radical (unpaired) electrons. The average Bonchev–Trinajstić information content (AvgIpc) is 3.42. The van der Waals surface area contributed by atoms with Gasteiger partial charge in [-0.05, 0) is 36.8 Å². The van der Waals surface area contributed by atoms with Gasteiger partial charge in [0, 0.05) is 38.7 Å². The molecular formula is C22H27N5O4. The lowest BCUT2D eigenvalue weighted by molar-refractivity contribution is 0.0909. The summed E-state index contributed by atoms with van der Waals surface area (Å²) in [5.41, 5.74) is 1.13. The molecule has 1 unspecified atom stereocenters. The van der Waals surface area contributed by atoms with E-state index in [9.17, 15) is 4.79 Å². The number of hydrogen-bond acceptors (Lipinski definition) is 7. The van der Waals surface area contributed by atoms with Crippen molar-refractivity contribution in [1.82, 2.24) is 25.0 Å². The number of rotatable bonds is 7. The zero-order valence-corrected chi connectivity index (χ0v) is 18.0. The minimum absolute atomic E-state index is 0.267. The van der Waals surface area contributed by atoms with Crippen LogP contribution in [0.4, 0.5) is 0 Å². The van der Waals surface area contributed by atoms with Crippen molar-refractivity contribution in [1.29, 1.82) is 0 Å². The maximum absolute atomic E-state index is 12.3. The van der Waals surface area contributed by atoms with Gasteiger partial charge in [0.1, 0.15) is 17.3 Å². The lowest BCUT2D eigenvalue weighted by Gasteiger charge is -2.21. The van der Waals surface area contributed by atoms with Crippen molar-refractivity contribution in [3.8, 4) is 11.5 Å². The molecule has 9 nitrogen and oxygen atoms in total. The first-order chi connectivity index (χ1) is 15.1. The monoisotopic (exact) mass is 425 g/mol. The zero-order chi connectivity index (χ0) is 21.8. The standard InChI is InChI=1S/C22H27N5O4/c1-15(23-22(28)19-5-4-10-31-19)21-25-24-20-6-7-26(8-9-27(20)21)14-16-11-17(29-2)13-18(12-16)30-3/h4-5,10-13,15H,6-9,14H2,1-3H3,(H,23,28). The molecule has 0 fully saturated rings. The maximum atomic E-state index is 12.3. The molecule has 164 valence electrons. The number of hydrogen-bond donors (Lipinski definition) is 1. The number of carbonyl (C=O) groups excluding carboxylic acids is 1. The molecule has 1 N–H and O–H groups in total. The number of carbonyl (C=O) groups is 1. The summed E-state index contributed by atoms with van der Waals surface area (Å²) in [7, 11) is 3.31. The molecule has 0 spiro atoms. The molecule has 9 heteroatoms. The number of fused-ring (bicyclic) bond motifs is 1. The summed E-state index contributed by atoms with van der Waals surface area (Å²) in [4.78, 5) is 14.7. The molecule has 1 aliphatic rings. The van der Waals surface area contributed by atoms with Crippen LogP contribution in [-0.2, 0) is 19.5 Å². The van der Waals surface area contributed by atoms with Gasteiger partial charge in [0.15, 0.2) is 11.6 Å². The molecule has 3 aromatic rings. The van der Waals surface area contributed by atoms with Crippen LogP contribution in [0, 0.1) is 0 Å². The first kappa shape index (κ1) is 20.9. The number of nitrogens with zero attached hydrogens (tertiary/aromatic N) is 4. The third kappa shape index (κ3) is 4.72. The number of benzene rings is 1.